The lowest BCUT2D eigenvalue weighted by atomic mass is 10.1. The Morgan fingerprint density at radius 1 is 1.00 bits per heavy atom. The van der Waals surface area contributed by atoms with E-state index in [0.29, 0.717) is 19.4 Å². The molecule has 16 nitrogen and oxygen atoms in total. The number of piperazine rings is 1. The monoisotopic (exact) mass is 717 g/mol. The first kappa shape index (κ1) is 37.0. The molecule has 5 rings (SSSR count). The lowest BCUT2D eigenvalue weighted by Gasteiger charge is -2.35. The molecule has 1 unspecified atom stereocenters. The summed E-state index contributed by atoms with van der Waals surface area (Å²) in [5.41, 5.74) is -0.378. The number of likely N-dealkylation sites (N-methyl/N-ethyl adjacent to an activating group) is 1. The van der Waals surface area contributed by atoms with Gasteiger partial charge in [-0.2, -0.15) is 5.10 Å². The highest BCUT2D eigenvalue weighted by Crippen LogP contribution is 2.29. The Hall–Kier alpha value is -5.29. The van der Waals surface area contributed by atoms with Crippen LogP contribution in [0.5, 0.6) is 5.88 Å². The summed E-state index contributed by atoms with van der Waals surface area (Å²) in [6.07, 6.45) is 1.73. The highest BCUT2D eigenvalue weighted by Gasteiger charge is 2.40. The number of rotatable bonds is 13. The van der Waals surface area contributed by atoms with E-state index in [4.69, 9.17) is 9.47 Å². The number of benzene rings is 1. The smallest absolute Gasteiger partial charge is 0.409 e. The van der Waals surface area contributed by atoms with Gasteiger partial charge < -0.3 is 39.5 Å². The molecule has 3 fully saturated rings. The molecule has 0 spiro atoms. The van der Waals surface area contributed by atoms with Crippen molar-refractivity contribution in [3.8, 4) is 11.6 Å². The molecule has 18 heteroatoms. The van der Waals surface area contributed by atoms with Crippen molar-refractivity contribution >= 4 is 35.7 Å². The highest BCUT2D eigenvalue weighted by molar-refractivity contribution is 5.96. The molecule has 3 heterocycles. The SMILES string of the molecule is CCOC(=O)N1CCN(C(=O)C(CCC(=O)O)NC(=O)c2cc(OCC(=O)N3CCC[C@H]3C(=O)N(C)C3CC3)n(-c3ccc(F)c(F)c3)n2)CC1. The molecule has 1 aromatic heterocycles. The Balaban J connectivity index is 1.32. The van der Waals surface area contributed by atoms with E-state index in [-0.39, 0.29) is 68.4 Å². The van der Waals surface area contributed by atoms with E-state index in [1.165, 1.54) is 20.8 Å². The molecule has 1 aromatic carbocycles. The number of aliphatic carboxylic acids is 1. The van der Waals surface area contributed by atoms with Crippen LogP contribution in [-0.2, 0) is 23.9 Å². The van der Waals surface area contributed by atoms with E-state index in [0.717, 1.165) is 35.7 Å². The molecule has 0 bridgehead atoms. The first-order chi connectivity index (χ1) is 24.4. The molecule has 5 amide bonds. The molecule has 3 aliphatic rings. The molecule has 0 radical (unpaired) electrons. The van der Waals surface area contributed by atoms with Crippen LogP contribution in [0.1, 0.15) is 55.9 Å². The average Bonchev–Trinajstić information content (AvgIpc) is 3.69. The quantitative estimate of drug-likeness (QED) is 0.307. The predicted octanol–water partition coefficient (Wildman–Crippen LogP) is 1.41. The molecule has 1 saturated carbocycles. The van der Waals surface area contributed by atoms with Crippen LogP contribution < -0.4 is 10.1 Å². The Kier molecular flexibility index (Phi) is 11.7. The molecule has 1 aliphatic carbocycles. The van der Waals surface area contributed by atoms with Crippen LogP contribution >= 0.6 is 0 Å². The van der Waals surface area contributed by atoms with Crippen molar-refractivity contribution in [2.24, 2.45) is 0 Å². The number of carbonyl (C=O) groups is 6. The standard InChI is InChI=1S/C33H41F2N7O9/c1-3-50-33(49)40-15-13-39(14-16-40)31(47)24(10-11-29(44)45)36-30(46)25-18-28(42(37-25)21-8-9-22(34)23(35)17-21)51-19-27(43)41-12-4-5-26(41)32(48)38(2)20-6-7-20/h8-9,17-18,20,24,26H,3-7,10-16,19H2,1-2H3,(H,36,46)(H,44,45)/t24?,26-/m0/s1. The third-order valence-electron chi connectivity index (χ3n) is 9.07. The summed E-state index contributed by atoms with van der Waals surface area (Å²) in [4.78, 5) is 82.8. The Morgan fingerprint density at radius 3 is 2.35 bits per heavy atom. The van der Waals surface area contributed by atoms with Gasteiger partial charge in [-0.1, -0.05) is 0 Å². The number of nitrogens with zero attached hydrogens (tertiary/aromatic N) is 6. The van der Waals surface area contributed by atoms with Crippen LogP contribution in [0, 0.1) is 11.6 Å². The van der Waals surface area contributed by atoms with Crippen LogP contribution in [0.15, 0.2) is 24.3 Å². The summed E-state index contributed by atoms with van der Waals surface area (Å²) in [5, 5.41) is 16.0. The second-order valence-electron chi connectivity index (χ2n) is 12.6. The number of carboxylic acid groups (broad SMARTS) is 1. The summed E-state index contributed by atoms with van der Waals surface area (Å²) in [7, 11) is 1.72. The van der Waals surface area contributed by atoms with Crippen LogP contribution in [0.25, 0.3) is 5.69 Å². The minimum atomic E-state index is -1.29. The molecule has 2 saturated heterocycles. The van der Waals surface area contributed by atoms with Gasteiger partial charge in [0, 0.05) is 64.4 Å². The second-order valence-corrected chi connectivity index (χ2v) is 12.6. The number of carbonyl (C=O) groups excluding carboxylic acids is 5. The van der Waals surface area contributed by atoms with Crippen molar-refractivity contribution in [3.63, 3.8) is 0 Å². The van der Waals surface area contributed by atoms with E-state index in [9.17, 15) is 42.7 Å². The van der Waals surface area contributed by atoms with Crippen molar-refractivity contribution in [3.05, 3.63) is 41.6 Å². The van der Waals surface area contributed by atoms with Gasteiger partial charge in [-0.05, 0) is 51.2 Å². The van der Waals surface area contributed by atoms with Crippen LogP contribution in [0.4, 0.5) is 13.6 Å². The minimum Gasteiger partial charge on any atom is -0.481 e. The van der Waals surface area contributed by atoms with E-state index < -0.39 is 66.5 Å². The van der Waals surface area contributed by atoms with Crippen LogP contribution in [0.3, 0.4) is 0 Å². The predicted molar refractivity (Wildman–Crippen MR) is 173 cm³/mol. The zero-order valence-corrected chi connectivity index (χ0v) is 28.4. The zero-order valence-electron chi connectivity index (χ0n) is 28.4. The number of ether oxygens (including phenoxy) is 2. The maximum atomic E-state index is 14.3. The fraction of sp³-hybridized carbons (Fsp3) is 0.545. The van der Waals surface area contributed by atoms with E-state index in [2.05, 4.69) is 10.4 Å². The highest BCUT2D eigenvalue weighted by atomic mass is 19.2. The molecular formula is C33H41F2N7O9. The first-order valence-electron chi connectivity index (χ1n) is 16.9. The fourth-order valence-electron chi connectivity index (χ4n) is 6.10. The number of amides is 5. The van der Waals surface area contributed by atoms with Gasteiger partial charge >= 0.3 is 12.1 Å². The van der Waals surface area contributed by atoms with Gasteiger partial charge in [-0.15, -0.1) is 0 Å². The Morgan fingerprint density at radius 2 is 1.71 bits per heavy atom. The Labute approximate surface area is 292 Å². The average molecular weight is 718 g/mol. The van der Waals surface area contributed by atoms with Crippen molar-refractivity contribution in [2.75, 3.05) is 53.0 Å². The van der Waals surface area contributed by atoms with Crippen molar-refractivity contribution in [2.45, 2.75) is 63.6 Å². The van der Waals surface area contributed by atoms with Crippen molar-refractivity contribution in [1.29, 1.82) is 0 Å². The van der Waals surface area contributed by atoms with E-state index >= 15 is 0 Å². The Bertz CT molecular complexity index is 1660. The molecule has 2 aromatic rings. The lowest BCUT2D eigenvalue weighted by molar-refractivity contribution is -0.144. The zero-order chi connectivity index (χ0) is 36.8. The van der Waals surface area contributed by atoms with Crippen molar-refractivity contribution < 1.29 is 52.1 Å². The van der Waals surface area contributed by atoms with Crippen LogP contribution in [-0.4, -0.2) is 141 Å². The number of carboxylic acids is 1. The van der Waals surface area contributed by atoms with Gasteiger partial charge in [0.25, 0.3) is 11.8 Å². The van der Waals surface area contributed by atoms with E-state index in [1.54, 1.807) is 18.9 Å². The normalized spacial score (nSPS) is 17.9. The molecule has 2 aliphatic heterocycles. The maximum absolute atomic E-state index is 14.3. The molecule has 51 heavy (non-hydrogen) atoms. The lowest BCUT2D eigenvalue weighted by Crippen LogP contribution is -2.56. The third-order valence-corrected chi connectivity index (χ3v) is 9.07. The summed E-state index contributed by atoms with van der Waals surface area (Å²) in [6, 6.07) is 2.23. The summed E-state index contributed by atoms with van der Waals surface area (Å²) < 4.78 is 39.8. The summed E-state index contributed by atoms with van der Waals surface area (Å²) in [5.74, 6) is -5.86. The largest absolute Gasteiger partial charge is 0.481 e. The first-order valence-corrected chi connectivity index (χ1v) is 16.9. The van der Waals surface area contributed by atoms with Crippen molar-refractivity contribution in [1.82, 2.24) is 34.7 Å². The number of nitrogens with one attached hydrogen (secondary N) is 1. The summed E-state index contributed by atoms with van der Waals surface area (Å²) >= 11 is 0. The number of halogens is 2. The minimum absolute atomic E-state index is 0.0475. The number of hydrogen-bond acceptors (Lipinski definition) is 9. The topological polar surface area (TPSA) is 184 Å². The van der Waals surface area contributed by atoms with Crippen LogP contribution in [0.2, 0.25) is 0 Å². The number of likely N-dealkylation sites (tertiary alicyclic amines) is 1. The fourth-order valence-corrected chi connectivity index (χ4v) is 6.10. The number of hydrogen-bond donors (Lipinski definition) is 2. The van der Waals surface area contributed by atoms with Gasteiger partial charge in [0.15, 0.2) is 23.9 Å². The van der Waals surface area contributed by atoms with Gasteiger partial charge in [-0.25, -0.2) is 18.3 Å². The number of aromatic nitrogens is 2. The molecule has 276 valence electrons. The van der Waals surface area contributed by atoms with Gasteiger partial charge in [0.1, 0.15) is 12.1 Å². The van der Waals surface area contributed by atoms with Gasteiger partial charge in [0.05, 0.1) is 12.3 Å². The van der Waals surface area contributed by atoms with Gasteiger partial charge in [-0.3, -0.25) is 24.0 Å². The van der Waals surface area contributed by atoms with Gasteiger partial charge in [0.2, 0.25) is 17.7 Å². The maximum Gasteiger partial charge on any atom is 0.409 e. The molecule has 2 N–H and O–H groups in total. The molecular weight excluding hydrogens is 676 g/mol. The van der Waals surface area contributed by atoms with E-state index in [1.807, 2.05) is 0 Å². The molecule has 2 atom stereocenters. The second kappa shape index (κ2) is 16.2. The summed E-state index contributed by atoms with van der Waals surface area (Å²) in [6.45, 7) is 2.22. The third kappa shape index (κ3) is 8.90.